The first-order valence-electron chi connectivity index (χ1n) is 10.9. The molecule has 4 rings (SSSR count). The largest absolute Gasteiger partial charge is 0.491 e. The second-order valence-electron chi connectivity index (χ2n) is 8.07. The van der Waals surface area contributed by atoms with Crippen LogP contribution in [0.4, 0.5) is 11.4 Å². The molecule has 172 valence electrons. The minimum absolute atomic E-state index is 0.0276. The van der Waals surface area contributed by atoms with Crippen LogP contribution in [-0.4, -0.2) is 49.0 Å². The van der Waals surface area contributed by atoms with Gasteiger partial charge in [0.2, 0.25) is 0 Å². The summed E-state index contributed by atoms with van der Waals surface area (Å²) < 4.78 is 10.9. The van der Waals surface area contributed by atoms with Gasteiger partial charge in [-0.2, -0.15) is 0 Å². The lowest BCUT2D eigenvalue weighted by Gasteiger charge is -2.36. The summed E-state index contributed by atoms with van der Waals surface area (Å²) in [7, 11) is 0. The van der Waals surface area contributed by atoms with Gasteiger partial charge in [0, 0.05) is 37.4 Å². The van der Waals surface area contributed by atoms with E-state index < -0.39 is 0 Å². The number of benzene rings is 2. The summed E-state index contributed by atoms with van der Waals surface area (Å²) in [6, 6.07) is 15.9. The Balaban J connectivity index is 1.37. The molecule has 0 saturated carbocycles. The Labute approximate surface area is 197 Å². The van der Waals surface area contributed by atoms with E-state index in [2.05, 4.69) is 10.2 Å². The molecular formula is C25H26ClN3O4. The molecule has 1 fully saturated rings. The number of furan rings is 1. The van der Waals surface area contributed by atoms with Crippen molar-refractivity contribution < 1.29 is 18.7 Å². The van der Waals surface area contributed by atoms with Crippen molar-refractivity contribution in [1.29, 1.82) is 0 Å². The molecule has 0 atom stereocenters. The van der Waals surface area contributed by atoms with Crippen LogP contribution < -0.4 is 15.0 Å². The van der Waals surface area contributed by atoms with Gasteiger partial charge >= 0.3 is 0 Å². The van der Waals surface area contributed by atoms with Gasteiger partial charge in [-0.05, 0) is 62.4 Å². The average molecular weight is 468 g/mol. The van der Waals surface area contributed by atoms with E-state index in [9.17, 15) is 9.59 Å². The third-order valence-corrected chi connectivity index (χ3v) is 5.62. The highest BCUT2D eigenvalue weighted by molar-refractivity contribution is 6.33. The van der Waals surface area contributed by atoms with Crippen molar-refractivity contribution in [3.63, 3.8) is 0 Å². The number of hydrogen-bond donors (Lipinski definition) is 1. The number of hydrogen-bond acceptors (Lipinski definition) is 5. The van der Waals surface area contributed by atoms with Crippen molar-refractivity contribution in [2.24, 2.45) is 0 Å². The van der Waals surface area contributed by atoms with Crippen molar-refractivity contribution >= 4 is 34.8 Å². The second kappa shape index (κ2) is 10.0. The van der Waals surface area contributed by atoms with Crippen LogP contribution in [0.25, 0.3) is 0 Å². The third kappa shape index (κ3) is 5.49. The molecule has 2 heterocycles. The van der Waals surface area contributed by atoms with Gasteiger partial charge in [-0.1, -0.05) is 17.7 Å². The molecule has 33 heavy (non-hydrogen) atoms. The Bertz CT molecular complexity index is 1120. The first-order chi connectivity index (χ1) is 15.9. The number of carbonyl (C=O) groups is 2. The standard InChI is InChI=1S/C25H26ClN3O4/c1-17(2)33-20-6-3-5-18(15-20)24(30)27-19-8-9-22(21(26)16-19)28-10-12-29(13-11-28)25(31)23-7-4-14-32-23/h3-9,14-17H,10-13H2,1-2H3,(H,27,30). The van der Waals surface area contributed by atoms with Gasteiger partial charge in [-0.3, -0.25) is 9.59 Å². The highest BCUT2D eigenvalue weighted by atomic mass is 35.5. The number of piperazine rings is 1. The Morgan fingerprint density at radius 1 is 1.03 bits per heavy atom. The van der Waals surface area contributed by atoms with Crippen molar-refractivity contribution in [3.05, 3.63) is 77.2 Å². The van der Waals surface area contributed by atoms with Gasteiger partial charge in [-0.25, -0.2) is 0 Å². The van der Waals surface area contributed by atoms with Crippen molar-refractivity contribution in [2.75, 3.05) is 36.4 Å². The summed E-state index contributed by atoms with van der Waals surface area (Å²) in [4.78, 5) is 29.0. The molecule has 0 radical (unpaired) electrons. The molecular weight excluding hydrogens is 442 g/mol. The van der Waals surface area contributed by atoms with E-state index in [1.165, 1.54) is 6.26 Å². The second-order valence-corrected chi connectivity index (χ2v) is 8.48. The maximum atomic E-state index is 12.7. The Morgan fingerprint density at radius 2 is 1.82 bits per heavy atom. The smallest absolute Gasteiger partial charge is 0.289 e. The van der Waals surface area contributed by atoms with Gasteiger partial charge in [-0.15, -0.1) is 0 Å². The Hall–Kier alpha value is -3.45. The normalized spacial score (nSPS) is 13.8. The van der Waals surface area contributed by atoms with Gasteiger partial charge in [0.1, 0.15) is 5.75 Å². The van der Waals surface area contributed by atoms with Crippen LogP contribution in [0.2, 0.25) is 5.02 Å². The lowest BCUT2D eigenvalue weighted by Crippen LogP contribution is -2.48. The number of nitrogens with zero attached hydrogens (tertiary/aromatic N) is 2. The SMILES string of the molecule is CC(C)Oc1cccc(C(=O)Nc2ccc(N3CCN(C(=O)c4ccco4)CC3)c(Cl)c2)c1. The molecule has 0 spiro atoms. The predicted molar refractivity (Wildman–Crippen MR) is 128 cm³/mol. The molecule has 8 heteroatoms. The molecule has 0 aliphatic carbocycles. The molecule has 0 unspecified atom stereocenters. The molecule has 1 aliphatic rings. The van der Waals surface area contributed by atoms with E-state index in [1.807, 2.05) is 32.0 Å². The van der Waals surface area contributed by atoms with Gasteiger partial charge in [0.25, 0.3) is 11.8 Å². The monoisotopic (exact) mass is 467 g/mol. The topological polar surface area (TPSA) is 75.0 Å². The first kappa shape index (κ1) is 22.7. The van der Waals surface area contributed by atoms with Crippen LogP contribution >= 0.6 is 11.6 Å². The number of halogens is 1. The average Bonchev–Trinajstić information content (AvgIpc) is 3.34. The first-order valence-corrected chi connectivity index (χ1v) is 11.2. The van der Waals surface area contributed by atoms with Crippen LogP contribution in [0.1, 0.15) is 34.8 Å². The maximum absolute atomic E-state index is 12.7. The summed E-state index contributed by atoms with van der Waals surface area (Å²) in [5.74, 6) is 0.656. The zero-order valence-corrected chi connectivity index (χ0v) is 19.3. The van der Waals surface area contributed by atoms with E-state index in [4.69, 9.17) is 20.8 Å². The maximum Gasteiger partial charge on any atom is 0.289 e. The van der Waals surface area contributed by atoms with Crippen LogP contribution in [0, 0.1) is 0 Å². The molecule has 0 bridgehead atoms. The fraction of sp³-hybridized carbons (Fsp3) is 0.280. The highest BCUT2D eigenvalue weighted by Gasteiger charge is 2.24. The number of nitrogens with one attached hydrogen (secondary N) is 1. The zero-order valence-electron chi connectivity index (χ0n) is 18.6. The van der Waals surface area contributed by atoms with Crippen molar-refractivity contribution in [3.8, 4) is 5.75 Å². The lowest BCUT2D eigenvalue weighted by atomic mass is 10.2. The molecule has 1 N–H and O–H groups in total. The van der Waals surface area contributed by atoms with Gasteiger partial charge in [0.15, 0.2) is 5.76 Å². The molecule has 1 aromatic heterocycles. The molecule has 2 aromatic carbocycles. The summed E-state index contributed by atoms with van der Waals surface area (Å²) in [5, 5.41) is 3.42. The molecule has 1 saturated heterocycles. The minimum atomic E-state index is -0.238. The fourth-order valence-corrected chi connectivity index (χ4v) is 4.03. The number of rotatable bonds is 6. The quantitative estimate of drug-likeness (QED) is 0.556. The Morgan fingerprint density at radius 3 is 2.48 bits per heavy atom. The van der Waals surface area contributed by atoms with Gasteiger partial charge in [0.05, 0.1) is 23.1 Å². The van der Waals surface area contributed by atoms with Crippen LogP contribution in [0.3, 0.4) is 0 Å². The summed E-state index contributed by atoms with van der Waals surface area (Å²) in [6.45, 7) is 6.33. The summed E-state index contributed by atoms with van der Waals surface area (Å²) in [6.07, 6.45) is 1.53. The van der Waals surface area contributed by atoms with E-state index in [-0.39, 0.29) is 17.9 Å². The van der Waals surface area contributed by atoms with Crippen LogP contribution in [0.15, 0.2) is 65.3 Å². The zero-order chi connectivity index (χ0) is 23.4. The minimum Gasteiger partial charge on any atom is -0.491 e. The van der Waals surface area contributed by atoms with E-state index in [0.717, 1.165) is 5.69 Å². The van der Waals surface area contributed by atoms with E-state index in [1.54, 1.807) is 41.3 Å². The molecule has 7 nitrogen and oxygen atoms in total. The molecule has 1 aliphatic heterocycles. The van der Waals surface area contributed by atoms with E-state index in [0.29, 0.717) is 54.0 Å². The predicted octanol–water partition coefficient (Wildman–Crippen LogP) is 4.93. The lowest BCUT2D eigenvalue weighted by molar-refractivity contribution is 0.0714. The summed E-state index contributed by atoms with van der Waals surface area (Å²) in [5.41, 5.74) is 1.98. The molecule has 3 aromatic rings. The fourth-order valence-electron chi connectivity index (χ4n) is 3.73. The van der Waals surface area contributed by atoms with Crippen LogP contribution in [0.5, 0.6) is 5.75 Å². The highest BCUT2D eigenvalue weighted by Crippen LogP contribution is 2.30. The number of amides is 2. The van der Waals surface area contributed by atoms with Crippen molar-refractivity contribution in [2.45, 2.75) is 20.0 Å². The Kier molecular flexibility index (Phi) is 6.89. The van der Waals surface area contributed by atoms with E-state index >= 15 is 0 Å². The van der Waals surface area contributed by atoms with Crippen LogP contribution in [-0.2, 0) is 0 Å². The number of anilines is 2. The van der Waals surface area contributed by atoms with Crippen molar-refractivity contribution in [1.82, 2.24) is 4.90 Å². The molecule has 2 amide bonds. The number of ether oxygens (including phenoxy) is 1. The third-order valence-electron chi connectivity index (χ3n) is 5.31. The van der Waals surface area contributed by atoms with Gasteiger partial charge < -0.3 is 24.3 Å². The summed E-state index contributed by atoms with van der Waals surface area (Å²) >= 11 is 6.55. The number of carbonyl (C=O) groups excluding carboxylic acids is 2.